The number of hydrogen-bond acceptors (Lipinski definition) is 2. The Kier molecular flexibility index (Phi) is 12.8. The van der Waals surface area contributed by atoms with Crippen LogP contribution in [0.2, 0.25) is 0 Å². The van der Waals surface area contributed by atoms with Gasteiger partial charge in [0, 0.05) is 12.3 Å². The first-order chi connectivity index (χ1) is 10.5. The fourth-order valence-electron chi connectivity index (χ4n) is 2.43. The largest absolute Gasteiger partial charge is 0.291 e. The molecular formula is C20H34O2. The summed E-state index contributed by atoms with van der Waals surface area (Å²) in [6.07, 6.45) is 14.0. The lowest BCUT2D eigenvalue weighted by atomic mass is 9.94. The highest BCUT2D eigenvalue weighted by Crippen LogP contribution is 2.13. The van der Waals surface area contributed by atoms with Crippen LogP contribution in [0.3, 0.4) is 0 Å². The van der Waals surface area contributed by atoms with E-state index in [2.05, 4.69) is 26.5 Å². The maximum absolute atomic E-state index is 12.0. The quantitative estimate of drug-likeness (QED) is 0.230. The van der Waals surface area contributed by atoms with Crippen LogP contribution in [0.1, 0.15) is 85.0 Å². The van der Waals surface area contributed by atoms with Crippen molar-refractivity contribution in [2.75, 3.05) is 0 Å². The van der Waals surface area contributed by atoms with Crippen molar-refractivity contribution < 1.29 is 9.59 Å². The van der Waals surface area contributed by atoms with Gasteiger partial charge in [-0.3, -0.25) is 9.59 Å². The first kappa shape index (κ1) is 20.8. The summed E-state index contributed by atoms with van der Waals surface area (Å²) in [6, 6.07) is 0. The number of hydrogen-bond donors (Lipinski definition) is 0. The van der Waals surface area contributed by atoms with Gasteiger partial charge in [0.25, 0.3) is 0 Å². The number of Topliss-reactive ketones (excluding diaryl/α,β-unsaturated/α-hetero) is 2. The molecule has 0 radical (unpaired) electrons. The molecule has 0 amide bonds. The number of unbranched alkanes of at least 4 members (excludes halogenated alkanes) is 6. The van der Waals surface area contributed by atoms with Gasteiger partial charge in [0.2, 0.25) is 5.78 Å². The van der Waals surface area contributed by atoms with Crippen molar-refractivity contribution in [3.8, 4) is 0 Å². The van der Waals surface area contributed by atoms with Crippen LogP contribution < -0.4 is 0 Å². The molecule has 0 aromatic carbocycles. The van der Waals surface area contributed by atoms with E-state index in [4.69, 9.17) is 0 Å². The van der Waals surface area contributed by atoms with E-state index in [-0.39, 0.29) is 17.5 Å². The first-order valence-electron chi connectivity index (χ1n) is 8.80. The summed E-state index contributed by atoms with van der Waals surface area (Å²) in [4.78, 5) is 23.9. The Morgan fingerprint density at radius 1 is 0.955 bits per heavy atom. The highest BCUT2D eigenvalue weighted by atomic mass is 16.2. The van der Waals surface area contributed by atoms with Crippen LogP contribution in [-0.2, 0) is 9.59 Å². The highest BCUT2D eigenvalue weighted by Gasteiger charge is 2.19. The van der Waals surface area contributed by atoms with E-state index in [1.807, 2.05) is 13.0 Å². The zero-order valence-electron chi connectivity index (χ0n) is 14.8. The SMILES string of the molecule is C=CCCCCCCCCC(=O)C(=O)C(C)CCC=C(C)C. The Morgan fingerprint density at radius 2 is 1.55 bits per heavy atom. The minimum atomic E-state index is -0.173. The molecule has 22 heavy (non-hydrogen) atoms. The van der Waals surface area contributed by atoms with E-state index >= 15 is 0 Å². The van der Waals surface area contributed by atoms with Gasteiger partial charge >= 0.3 is 0 Å². The molecule has 0 heterocycles. The van der Waals surface area contributed by atoms with Crippen molar-refractivity contribution in [1.29, 1.82) is 0 Å². The monoisotopic (exact) mass is 306 g/mol. The molecular weight excluding hydrogens is 272 g/mol. The van der Waals surface area contributed by atoms with Gasteiger partial charge in [-0.1, -0.05) is 50.3 Å². The van der Waals surface area contributed by atoms with E-state index in [1.54, 1.807) is 0 Å². The molecule has 2 nitrogen and oxygen atoms in total. The summed E-state index contributed by atoms with van der Waals surface area (Å²) in [6.45, 7) is 9.69. The second-order valence-electron chi connectivity index (χ2n) is 6.50. The van der Waals surface area contributed by atoms with Crippen LogP contribution in [0.4, 0.5) is 0 Å². The lowest BCUT2D eigenvalue weighted by molar-refractivity contribution is -0.138. The van der Waals surface area contributed by atoms with Crippen LogP contribution in [0.25, 0.3) is 0 Å². The normalized spacial score (nSPS) is 11.8. The average molecular weight is 306 g/mol. The molecule has 0 N–H and O–H groups in total. The van der Waals surface area contributed by atoms with Crippen molar-refractivity contribution in [2.24, 2.45) is 5.92 Å². The van der Waals surface area contributed by atoms with Crippen LogP contribution in [-0.4, -0.2) is 11.6 Å². The molecule has 126 valence electrons. The lowest BCUT2D eigenvalue weighted by Gasteiger charge is -2.08. The van der Waals surface area contributed by atoms with Crippen LogP contribution >= 0.6 is 0 Å². The van der Waals surface area contributed by atoms with Gasteiger partial charge in [-0.25, -0.2) is 0 Å². The number of carbonyl (C=O) groups is 2. The molecule has 2 heteroatoms. The fraction of sp³-hybridized carbons (Fsp3) is 0.700. The molecule has 1 atom stereocenters. The van der Waals surface area contributed by atoms with Crippen molar-refractivity contribution >= 4 is 11.6 Å². The maximum atomic E-state index is 12.0. The van der Waals surface area contributed by atoms with E-state index < -0.39 is 0 Å². The minimum Gasteiger partial charge on any atom is -0.291 e. The first-order valence-corrected chi connectivity index (χ1v) is 8.80. The standard InChI is InChI=1S/C20H34O2/c1-5-6-7-8-9-10-11-12-16-19(21)20(22)18(4)15-13-14-17(2)3/h5,14,18H,1,6-13,15-16H2,2-4H3. The Bertz CT molecular complexity index is 362. The van der Waals surface area contributed by atoms with E-state index in [9.17, 15) is 9.59 Å². The zero-order valence-corrected chi connectivity index (χ0v) is 14.8. The van der Waals surface area contributed by atoms with Crippen LogP contribution in [0.15, 0.2) is 24.3 Å². The molecule has 0 aliphatic rings. The summed E-state index contributed by atoms with van der Waals surface area (Å²) >= 11 is 0. The number of ketones is 2. The third-order valence-corrected chi connectivity index (χ3v) is 3.94. The Balaban J connectivity index is 3.71. The van der Waals surface area contributed by atoms with Gasteiger partial charge in [-0.15, -0.1) is 6.58 Å². The van der Waals surface area contributed by atoms with E-state index in [1.165, 1.54) is 24.8 Å². The van der Waals surface area contributed by atoms with Crippen molar-refractivity contribution in [3.63, 3.8) is 0 Å². The summed E-state index contributed by atoms with van der Waals surface area (Å²) in [5.41, 5.74) is 1.26. The Morgan fingerprint density at radius 3 is 2.14 bits per heavy atom. The lowest BCUT2D eigenvalue weighted by Crippen LogP contribution is -2.21. The van der Waals surface area contributed by atoms with Crippen LogP contribution in [0.5, 0.6) is 0 Å². The van der Waals surface area contributed by atoms with E-state index in [0.717, 1.165) is 38.5 Å². The predicted molar refractivity (Wildman–Crippen MR) is 95.0 cm³/mol. The highest BCUT2D eigenvalue weighted by molar-refractivity contribution is 6.37. The summed E-state index contributed by atoms with van der Waals surface area (Å²) < 4.78 is 0. The Labute approximate surface area is 137 Å². The summed E-state index contributed by atoms with van der Waals surface area (Å²) in [5.74, 6) is -0.480. The minimum absolute atomic E-state index is 0.137. The molecule has 0 rings (SSSR count). The number of carbonyl (C=O) groups excluding carboxylic acids is 2. The van der Waals surface area contributed by atoms with Crippen molar-refractivity contribution in [3.05, 3.63) is 24.3 Å². The van der Waals surface area contributed by atoms with Gasteiger partial charge < -0.3 is 0 Å². The molecule has 1 unspecified atom stereocenters. The van der Waals surface area contributed by atoms with Gasteiger partial charge in [-0.2, -0.15) is 0 Å². The predicted octanol–water partition coefficient (Wildman–Crippen LogP) is 5.81. The summed E-state index contributed by atoms with van der Waals surface area (Å²) in [7, 11) is 0. The smallest absolute Gasteiger partial charge is 0.201 e. The van der Waals surface area contributed by atoms with Gasteiger partial charge in [0.15, 0.2) is 5.78 Å². The molecule has 0 aliphatic carbocycles. The number of rotatable bonds is 14. The molecule has 0 aromatic rings. The molecule has 0 saturated carbocycles. The second-order valence-corrected chi connectivity index (χ2v) is 6.50. The molecule has 0 fully saturated rings. The second kappa shape index (κ2) is 13.5. The maximum Gasteiger partial charge on any atom is 0.201 e. The van der Waals surface area contributed by atoms with Gasteiger partial charge in [0.1, 0.15) is 0 Å². The average Bonchev–Trinajstić information content (AvgIpc) is 2.48. The summed E-state index contributed by atoms with van der Waals surface area (Å²) in [5, 5.41) is 0. The number of allylic oxidation sites excluding steroid dienone is 3. The molecule has 0 saturated heterocycles. The third-order valence-electron chi connectivity index (χ3n) is 3.94. The molecule has 0 aromatic heterocycles. The molecule has 0 spiro atoms. The van der Waals surface area contributed by atoms with Crippen LogP contribution in [0, 0.1) is 5.92 Å². The van der Waals surface area contributed by atoms with E-state index in [0.29, 0.717) is 6.42 Å². The van der Waals surface area contributed by atoms with Gasteiger partial charge in [0.05, 0.1) is 0 Å². The van der Waals surface area contributed by atoms with Crippen molar-refractivity contribution in [1.82, 2.24) is 0 Å². The topological polar surface area (TPSA) is 34.1 Å². The Hall–Kier alpha value is -1.18. The molecule has 0 aliphatic heterocycles. The zero-order chi connectivity index (χ0) is 16.8. The molecule has 0 bridgehead atoms. The third kappa shape index (κ3) is 11.5. The van der Waals surface area contributed by atoms with Gasteiger partial charge in [-0.05, 0) is 46.0 Å². The fourth-order valence-corrected chi connectivity index (χ4v) is 2.43. The van der Waals surface area contributed by atoms with Crippen molar-refractivity contribution in [2.45, 2.75) is 85.0 Å².